The monoisotopic (exact) mass is 623 g/mol. The highest BCUT2D eigenvalue weighted by molar-refractivity contribution is 7.92. The van der Waals surface area contributed by atoms with Crippen molar-refractivity contribution in [2.75, 3.05) is 17.1 Å². The van der Waals surface area contributed by atoms with Gasteiger partial charge in [0, 0.05) is 37.0 Å². The second-order valence-corrected chi connectivity index (χ2v) is 13.8. The molecule has 230 valence electrons. The number of halogens is 1. The molecule has 0 heterocycles. The van der Waals surface area contributed by atoms with E-state index in [2.05, 4.69) is 5.32 Å². The maximum absolute atomic E-state index is 14.1. The number of nitrogens with one attached hydrogen (secondary N) is 1. The molecule has 1 atom stereocenters. The van der Waals surface area contributed by atoms with Crippen LogP contribution in [0.25, 0.3) is 0 Å². The molecule has 0 spiro atoms. The van der Waals surface area contributed by atoms with Crippen LogP contribution in [0.5, 0.6) is 0 Å². The smallest absolute Gasteiger partial charge is 0.243 e. The predicted octanol–water partition coefficient (Wildman–Crippen LogP) is 6.20. The predicted molar refractivity (Wildman–Crippen MR) is 174 cm³/mol. The Labute approximate surface area is 261 Å². The first-order valence-corrected chi connectivity index (χ1v) is 17.2. The second-order valence-electron chi connectivity index (χ2n) is 11.5. The quantitative estimate of drug-likeness (QED) is 0.246. The highest BCUT2D eigenvalue weighted by Crippen LogP contribution is 2.29. The fourth-order valence-corrected chi connectivity index (χ4v) is 6.96. The number of benzene rings is 3. The third-order valence-electron chi connectivity index (χ3n) is 8.07. The Kier molecular flexibility index (Phi) is 11.3. The van der Waals surface area contributed by atoms with E-state index < -0.39 is 16.1 Å². The summed E-state index contributed by atoms with van der Waals surface area (Å²) in [6.45, 7) is 4.17. The van der Waals surface area contributed by atoms with Crippen LogP contribution >= 0.6 is 11.6 Å². The van der Waals surface area contributed by atoms with Crippen molar-refractivity contribution >= 4 is 39.1 Å². The highest BCUT2D eigenvalue weighted by atomic mass is 35.5. The number of anilines is 1. The first kappa shape index (κ1) is 32.6. The Morgan fingerprint density at radius 1 is 0.953 bits per heavy atom. The summed E-state index contributed by atoms with van der Waals surface area (Å²) in [7, 11) is -3.63. The lowest BCUT2D eigenvalue weighted by Crippen LogP contribution is -2.52. The largest absolute Gasteiger partial charge is 0.352 e. The Morgan fingerprint density at radius 3 is 2.30 bits per heavy atom. The molecule has 0 saturated heterocycles. The number of rotatable bonds is 13. The minimum absolute atomic E-state index is 0.0828. The average molecular weight is 624 g/mol. The van der Waals surface area contributed by atoms with Crippen molar-refractivity contribution in [1.82, 2.24) is 10.2 Å². The molecule has 2 amide bonds. The van der Waals surface area contributed by atoms with Crippen molar-refractivity contribution in [2.24, 2.45) is 0 Å². The fraction of sp³-hybridized carbons (Fsp3) is 0.412. The number of nitrogens with zero attached hydrogens (tertiary/aromatic N) is 2. The Bertz CT molecular complexity index is 1510. The van der Waals surface area contributed by atoms with Gasteiger partial charge < -0.3 is 10.2 Å². The van der Waals surface area contributed by atoms with Crippen LogP contribution in [0, 0.1) is 13.8 Å². The van der Waals surface area contributed by atoms with E-state index in [0.717, 1.165) is 48.6 Å². The van der Waals surface area contributed by atoms with Crippen molar-refractivity contribution in [3.8, 4) is 0 Å². The Hall–Kier alpha value is -3.36. The van der Waals surface area contributed by atoms with Gasteiger partial charge in [-0.1, -0.05) is 90.7 Å². The molecule has 1 N–H and O–H groups in total. The van der Waals surface area contributed by atoms with E-state index in [1.165, 1.54) is 4.31 Å². The molecule has 1 unspecified atom stereocenters. The molecule has 1 fully saturated rings. The van der Waals surface area contributed by atoms with Gasteiger partial charge >= 0.3 is 0 Å². The fourth-order valence-electron chi connectivity index (χ4n) is 5.78. The zero-order valence-corrected chi connectivity index (χ0v) is 26.8. The molecule has 1 saturated carbocycles. The van der Waals surface area contributed by atoms with Gasteiger partial charge in [-0.05, 0) is 61.9 Å². The number of carbonyl (C=O) groups is 2. The molecule has 43 heavy (non-hydrogen) atoms. The number of hydrogen-bond acceptors (Lipinski definition) is 4. The van der Waals surface area contributed by atoms with E-state index in [1.54, 1.807) is 30.0 Å². The topological polar surface area (TPSA) is 86.8 Å². The summed E-state index contributed by atoms with van der Waals surface area (Å²) in [5.74, 6) is -0.343. The normalized spacial score (nSPS) is 14.3. The zero-order chi connectivity index (χ0) is 31.0. The number of sulfonamides is 1. The van der Waals surface area contributed by atoms with E-state index in [4.69, 9.17) is 11.6 Å². The molecule has 1 aliphatic carbocycles. The summed E-state index contributed by atoms with van der Waals surface area (Å²) in [6.07, 6.45) is 5.96. The highest BCUT2D eigenvalue weighted by Gasteiger charge is 2.32. The third-order valence-corrected chi connectivity index (χ3v) is 9.66. The molecule has 0 radical (unpaired) electrons. The van der Waals surface area contributed by atoms with Crippen molar-refractivity contribution in [1.29, 1.82) is 0 Å². The molecule has 0 aromatic heterocycles. The van der Waals surface area contributed by atoms with E-state index >= 15 is 0 Å². The van der Waals surface area contributed by atoms with Gasteiger partial charge in [0.2, 0.25) is 21.8 Å². The first-order valence-electron chi connectivity index (χ1n) is 14.9. The van der Waals surface area contributed by atoms with E-state index in [9.17, 15) is 18.0 Å². The summed E-state index contributed by atoms with van der Waals surface area (Å²) >= 11 is 6.29. The Balaban J connectivity index is 1.60. The van der Waals surface area contributed by atoms with Gasteiger partial charge in [0.15, 0.2) is 0 Å². The van der Waals surface area contributed by atoms with Crippen LogP contribution in [0.3, 0.4) is 0 Å². The minimum Gasteiger partial charge on any atom is -0.352 e. The van der Waals surface area contributed by atoms with Gasteiger partial charge in [-0.3, -0.25) is 13.9 Å². The van der Waals surface area contributed by atoms with Gasteiger partial charge in [0.1, 0.15) is 6.04 Å². The third kappa shape index (κ3) is 9.07. The standard InChI is InChI=1S/C34H42ClN3O4S/c1-25-12-9-15-28(22-25)24-37(32(23-27-13-5-4-6-14-27)34(40)36-29-16-7-8-17-29)33(39)20-11-21-38(43(3,41)42)31-19-10-18-30(35)26(31)2/h4-6,9-10,12-15,18-19,22,29,32H,7-8,11,16-17,20-21,23-24H2,1-3H3,(H,36,40). The van der Waals surface area contributed by atoms with Gasteiger partial charge in [0.25, 0.3) is 0 Å². The summed E-state index contributed by atoms with van der Waals surface area (Å²) in [4.78, 5) is 29.6. The van der Waals surface area contributed by atoms with Crippen molar-refractivity contribution < 1.29 is 18.0 Å². The van der Waals surface area contributed by atoms with Crippen LogP contribution in [0.4, 0.5) is 5.69 Å². The number of amides is 2. The second kappa shape index (κ2) is 14.9. The number of hydrogen-bond donors (Lipinski definition) is 1. The molecular formula is C34H42ClN3O4S. The summed E-state index contributed by atoms with van der Waals surface area (Å²) in [5.41, 5.74) is 4.13. The average Bonchev–Trinajstić information content (AvgIpc) is 3.47. The summed E-state index contributed by atoms with van der Waals surface area (Å²) < 4.78 is 26.9. The SMILES string of the molecule is Cc1cccc(CN(C(=O)CCCN(c2cccc(Cl)c2C)S(C)(=O)=O)C(Cc2ccccc2)C(=O)NC2CCCC2)c1. The molecule has 9 heteroatoms. The lowest BCUT2D eigenvalue weighted by molar-refractivity contribution is -0.141. The molecule has 4 rings (SSSR count). The lowest BCUT2D eigenvalue weighted by atomic mass is 10.0. The summed E-state index contributed by atoms with van der Waals surface area (Å²) in [6, 6.07) is 22.3. The molecule has 0 aliphatic heterocycles. The molecule has 3 aromatic rings. The van der Waals surface area contributed by atoms with Crippen LogP contribution in [-0.4, -0.2) is 50.0 Å². The van der Waals surface area contributed by atoms with E-state index in [1.807, 2.05) is 61.5 Å². The maximum atomic E-state index is 14.1. The minimum atomic E-state index is -3.63. The van der Waals surface area contributed by atoms with Gasteiger partial charge in [0.05, 0.1) is 11.9 Å². The van der Waals surface area contributed by atoms with Crippen molar-refractivity contribution in [3.05, 3.63) is 100 Å². The number of carbonyl (C=O) groups excluding carboxylic acids is 2. The number of aryl methyl sites for hydroxylation is 1. The van der Waals surface area contributed by atoms with Gasteiger partial charge in [-0.2, -0.15) is 0 Å². The molecule has 0 bridgehead atoms. The van der Waals surface area contributed by atoms with Gasteiger partial charge in [-0.25, -0.2) is 8.42 Å². The van der Waals surface area contributed by atoms with Crippen LogP contribution in [0.1, 0.15) is 60.8 Å². The van der Waals surface area contributed by atoms with Crippen LogP contribution in [-0.2, 0) is 32.6 Å². The van der Waals surface area contributed by atoms with Crippen molar-refractivity contribution in [2.45, 2.75) is 77.4 Å². The first-order chi connectivity index (χ1) is 20.5. The lowest BCUT2D eigenvalue weighted by Gasteiger charge is -2.33. The maximum Gasteiger partial charge on any atom is 0.243 e. The van der Waals surface area contributed by atoms with Crippen molar-refractivity contribution in [3.63, 3.8) is 0 Å². The van der Waals surface area contributed by atoms with Gasteiger partial charge in [-0.15, -0.1) is 0 Å². The zero-order valence-electron chi connectivity index (χ0n) is 25.3. The van der Waals surface area contributed by atoms with Crippen LogP contribution in [0.2, 0.25) is 5.02 Å². The Morgan fingerprint density at radius 2 is 1.63 bits per heavy atom. The molecule has 1 aliphatic rings. The van der Waals surface area contributed by atoms with E-state index in [-0.39, 0.29) is 43.8 Å². The molecule has 7 nitrogen and oxygen atoms in total. The van der Waals surface area contributed by atoms with Crippen LogP contribution in [0.15, 0.2) is 72.8 Å². The summed E-state index contributed by atoms with van der Waals surface area (Å²) in [5, 5.41) is 3.70. The molecule has 3 aromatic carbocycles. The van der Waals surface area contributed by atoms with E-state index in [0.29, 0.717) is 22.7 Å². The van der Waals surface area contributed by atoms with Crippen LogP contribution < -0.4 is 9.62 Å². The molecular weight excluding hydrogens is 582 g/mol.